The Morgan fingerprint density at radius 1 is 0.238 bits per heavy atom. The van der Waals surface area contributed by atoms with Crippen molar-refractivity contribution in [3.8, 4) is 0 Å². The second kappa shape index (κ2) is 12.1. The van der Waals surface area contributed by atoms with Gasteiger partial charge in [-0.05, 0) is 0 Å². The molecule has 0 N–H and O–H groups in total. The first-order chi connectivity index (χ1) is 8.00. The van der Waals surface area contributed by atoms with Gasteiger partial charge < -0.3 is 69.1 Å². The van der Waals surface area contributed by atoms with Crippen LogP contribution in [-0.2, 0) is 0 Å². The Morgan fingerprint density at radius 3 is 0.238 bits per heavy atom. The molecule has 21 heteroatoms. The fraction of sp³-hybridized carbons (Fsp3) is 0. The minimum absolute atomic E-state index is 0. The highest BCUT2D eigenvalue weighted by Crippen LogP contribution is 2.08. The Hall–Kier alpha value is -0.430. The van der Waals surface area contributed by atoms with Crippen LogP contribution in [0.2, 0.25) is 0 Å². The van der Waals surface area contributed by atoms with Gasteiger partial charge >= 0.3 is 29.0 Å². The minimum atomic E-state index is -6.00. The largest absolute Gasteiger partial charge is 0.673 e. The summed E-state index contributed by atoms with van der Waals surface area (Å²) >= 11 is 0. The van der Waals surface area contributed by atoms with E-state index in [-0.39, 0.29) is 9.90 Å². The van der Waals surface area contributed by atoms with Crippen LogP contribution in [0.3, 0.4) is 0 Å². The van der Waals surface area contributed by atoms with Gasteiger partial charge in [-0.15, -0.1) is 0 Å². The van der Waals surface area contributed by atoms with E-state index < -0.39 is 29.0 Å². The van der Waals surface area contributed by atoms with Crippen LogP contribution in [0.25, 0.3) is 0 Å². The monoisotopic (exact) mass is 382 g/mol. The van der Waals surface area contributed by atoms with Crippen molar-refractivity contribution in [1.29, 1.82) is 0 Å². The molecule has 0 radical (unpaired) electrons. The smallest absolute Gasteiger partial charge is 0.418 e. The molecule has 0 bridgehead atoms. The number of rotatable bonds is 0. The van der Waals surface area contributed by atoms with Crippen molar-refractivity contribution in [2.75, 3.05) is 0 Å². The van der Waals surface area contributed by atoms with E-state index in [1.165, 1.54) is 0 Å². The van der Waals surface area contributed by atoms with E-state index >= 15 is 0 Å². The summed E-state index contributed by atoms with van der Waals surface area (Å²) in [5.41, 5.74) is 0. The van der Waals surface area contributed by atoms with Gasteiger partial charge in [-0.1, -0.05) is 0 Å². The van der Waals surface area contributed by atoms with E-state index in [0.29, 0.717) is 0 Å². The van der Waals surface area contributed by atoms with Crippen LogP contribution >= 0.6 is 9.90 Å². The maximum atomic E-state index is 9.75. The fourth-order valence-electron chi connectivity index (χ4n) is 0. The summed E-state index contributed by atoms with van der Waals surface area (Å²) in [4.78, 5) is 0. The normalized spacial score (nSPS) is 11.4. The number of hydrogen-bond acceptors (Lipinski definition) is 0. The Bertz CT molecular complexity index is 130. The van der Waals surface area contributed by atoms with Crippen LogP contribution < -0.4 is 0 Å². The van der Waals surface area contributed by atoms with Gasteiger partial charge in [-0.3, -0.25) is 0 Å². The SMILES string of the molecule is F[B-](F)(F)F.F[B-](F)(F)F.F[B-](F)(F)F.F[B-](F)(F)F.P. The summed E-state index contributed by atoms with van der Waals surface area (Å²) in [6.45, 7) is 0. The molecule has 0 spiro atoms. The second-order valence-corrected chi connectivity index (χ2v) is 1.98. The maximum Gasteiger partial charge on any atom is 0.673 e. The van der Waals surface area contributed by atoms with Crippen molar-refractivity contribution in [3.63, 3.8) is 0 Å². The van der Waals surface area contributed by atoms with E-state index in [1.807, 2.05) is 0 Å². The van der Waals surface area contributed by atoms with Gasteiger partial charge in [0.1, 0.15) is 0 Å². The summed E-state index contributed by atoms with van der Waals surface area (Å²) < 4.78 is 156. The molecule has 0 amide bonds. The van der Waals surface area contributed by atoms with Gasteiger partial charge in [0.05, 0.1) is 0 Å². The second-order valence-electron chi connectivity index (χ2n) is 1.98. The summed E-state index contributed by atoms with van der Waals surface area (Å²) in [6, 6.07) is 0. The summed E-state index contributed by atoms with van der Waals surface area (Å²) in [5.74, 6) is 0. The Labute approximate surface area is 109 Å². The average Bonchev–Trinajstić information content (AvgIpc) is 1.62. The lowest BCUT2D eigenvalue weighted by molar-refractivity contribution is 0.366. The third-order valence-corrected chi connectivity index (χ3v) is 0. The van der Waals surface area contributed by atoms with E-state index in [9.17, 15) is 69.1 Å². The molecule has 0 nitrogen and oxygen atoms in total. The molecule has 1 atom stereocenters. The zero-order chi connectivity index (χ0) is 18.0. The first-order valence-electron chi connectivity index (χ1n) is 3.49. The van der Waals surface area contributed by atoms with Crippen LogP contribution in [0.5, 0.6) is 0 Å². The number of halogens is 16. The van der Waals surface area contributed by atoms with Crippen molar-refractivity contribution in [3.05, 3.63) is 0 Å². The molecule has 0 heterocycles. The number of hydrogen-bond donors (Lipinski definition) is 0. The van der Waals surface area contributed by atoms with Gasteiger partial charge in [0, 0.05) is 0 Å². The highest BCUT2D eigenvalue weighted by Gasteiger charge is 2.21. The lowest BCUT2D eigenvalue weighted by Gasteiger charge is -1.94. The van der Waals surface area contributed by atoms with Crippen molar-refractivity contribution in [2.24, 2.45) is 0 Å². The topological polar surface area (TPSA) is 0 Å². The Kier molecular flexibility index (Phi) is 18.8. The van der Waals surface area contributed by atoms with Gasteiger partial charge in [0.25, 0.3) is 0 Å². The fourth-order valence-corrected chi connectivity index (χ4v) is 0. The predicted molar refractivity (Wildman–Crippen MR) is 51.8 cm³/mol. The third-order valence-electron chi connectivity index (χ3n) is 0. The zero-order valence-electron chi connectivity index (χ0n) is 9.06. The van der Waals surface area contributed by atoms with Crippen LogP contribution in [0.1, 0.15) is 0 Å². The molecule has 0 aromatic rings. The summed E-state index contributed by atoms with van der Waals surface area (Å²) in [7, 11) is -24.0. The minimum Gasteiger partial charge on any atom is -0.418 e. The molecule has 0 fully saturated rings. The average molecular weight is 381 g/mol. The Morgan fingerprint density at radius 2 is 0.238 bits per heavy atom. The first-order valence-corrected chi connectivity index (χ1v) is 3.49. The predicted octanol–water partition coefficient (Wildman–Crippen LogP) is 5.26. The molecule has 1 unspecified atom stereocenters. The van der Waals surface area contributed by atoms with Gasteiger partial charge in [-0.25, -0.2) is 0 Å². The highest BCUT2D eigenvalue weighted by atomic mass is 31.0. The molecule has 0 aromatic heterocycles. The molecule has 0 aliphatic carbocycles. The first kappa shape index (κ1) is 32.5. The van der Waals surface area contributed by atoms with Crippen molar-refractivity contribution in [1.82, 2.24) is 0 Å². The molecule has 21 heavy (non-hydrogen) atoms. The van der Waals surface area contributed by atoms with Gasteiger partial charge in [0.2, 0.25) is 0 Å². The van der Waals surface area contributed by atoms with Crippen molar-refractivity contribution in [2.45, 2.75) is 0 Å². The summed E-state index contributed by atoms with van der Waals surface area (Å²) in [5, 5.41) is 0. The lowest BCUT2D eigenvalue weighted by Crippen LogP contribution is -2.02. The summed E-state index contributed by atoms with van der Waals surface area (Å²) in [6.07, 6.45) is 0. The molecule has 136 valence electrons. The molecule has 0 aromatic carbocycles. The van der Waals surface area contributed by atoms with Crippen LogP contribution in [0, 0.1) is 0 Å². The van der Waals surface area contributed by atoms with Crippen molar-refractivity contribution >= 4 is 38.9 Å². The lowest BCUT2D eigenvalue weighted by atomic mass is 10.3. The molecular formula is H3B4F16P-4. The third kappa shape index (κ3) is 32600. The quantitative estimate of drug-likeness (QED) is 0.305. The van der Waals surface area contributed by atoms with E-state index in [4.69, 9.17) is 0 Å². The van der Waals surface area contributed by atoms with E-state index in [2.05, 4.69) is 0 Å². The van der Waals surface area contributed by atoms with E-state index in [1.54, 1.807) is 0 Å². The molecule has 0 aliphatic heterocycles. The Balaban J connectivity index is -0.0000000533. The van der Waals surface area contributed by atoms with Gasteiger partial charge in [0.15, 0.2) is 0 Å². The molecular weight excluding hydrogens is 378 g/mol. The van der Waals surface area contributed by atoms with Crippen LogP contribution in [-0.4, -0.2) is 29.0 Å². The highest BCUT2D eigenvalue weighted by molar-refractivity contribution is 6.92. The molecule has 0 rings (SSSR count). The van der Waals surface area contributed by atoms with E-state index in [0.717, 1.165) is 0 Å². The molecule has 0 saturated carbocycles. The van der Waals surface area contributed by atoms with Crippen LogP contribution in [0.4, 0.5) is 69.1 Å². The maximum absolute atomic E-state index is 9.75. The van der Waals surface area contributed by atoms with Crippen LogP contribution in [0.15, 0.2) is 0 Å². The zero-order valence-corrected chi connectivity index (χ0v) is 10.5. The standard InChI is InChI=1S/4BF4.H3P/c4*2-1(3,4)5;/h;;;;1H3/q4*-1;. The van der Waals surface area contributed by atoms with Crippen molar-refractivity contribution < 1.29 is 69.1 Å². The molecule has 0 aliphatic rings. The molecule has 0 saturated heterocycles. The van der Waals surface area contributed by atoms with Gasteiger partial charge in [-0.2, -0.15) is 9.90 Å².